The highest BCUT2D eigenvalue weighted by Crippen LogP contribution is 2.26. The van der Waals surface area contributed by atoms with Gasteiger partial charge < -0.3 is 5.32 Å². The number of hydrogen-bond donors (Lipinski definition) is 2. The van der Waals surface area contributed by atoms with Gasteiger partial charge in [-0.05, 0) is 48.0 Å². The van der Waals surface area contributed by atoms with Crippen molar-refractivity contribution >= 4 is 56.4 Å². The molecule has 0 bridgehead atoms. The van der Waals surface area contributed by atoms with Crippen molar-refractivity contribution in [2.24, 2.45) is 0 Å². The first-order valence-corrected chi connectivity index (χ1v) is 11.1. The van der Waals surface area contributed by atoms with Crippen LogP contribution in [-0.4, -0.2) is 14.3 Å². The van der Waals surface area contributed by atoms with Crippen LogP contribution in [0.1, 0.15) is 15.9 Å². The van der Waals surface area contributed by atoms with Crippen molar-refractivity contribution in [1.82, 2.24) is 4.72 Å². The predicted octanol–water partition coefficient (Wildman–Crippen LogP) is 5.52. The van der Waals surface area contributed by atoms with Crippen molar-refractivity contribution in [3.8, 4) is 0 Å². The molecule has 2 N–H and O–H groups in total. The van der Waals surface area contributed by atoms with Crippen LogP contribution in [0, 0.1) is 5.82 Å². The van der Waals surface area contributed by atoms with Crippen molar-refractivity contribution in [2.45, 2.75) is 11.4 Å². The predicted molar refractivity (Wildman–Crippen MR) is 116 cm³/mol. The lowest BCUT2D eigenvalue weighted by molar-refractivity contribution is 0.102. The summed E-state index contributed by atoms with van der Waals surface area (Å²) in [5, 5.41) is 3.35. The third-order valence-corrected chi connectivity index (χ3v) is 6.59. The minimum absolute atomic E-state index is 0.0653. The van der Waals surface area contributed by atoms with E-state index in [1.807, 2.05) is 0 Å². The van der Waals surface area contributed by atoms with E-state index in [2.05, 4.69) is 10.0 Å². The number of halogens is 4. The molecule has 1 amide bonds. The van der Waals surface area contributed by atoms with Crippen LogP contribution < -0.4 is 10.0 Å². The maximum atomic E-state index is 14.2. The number of anilines is 1. The van der Waals surface area contributed by atoms with E-state index in [1.165, 1.54) is 18.2 Å². The Labute approximate surface area is 187 Å². The Balaban J connectivity index is 1.82. The Morgan fingerprint density at radius 3 is 2.33 bits per heavy atom. The molecule has 30 heavy (non-hydrogen) atoms. The first-order chi connectivity index (χ1) is 14.2. The van der Waals surface area contributed by atoms with E-state index in [1.54, 1.807) is 24.3 Å². The summed E-state index contributed by atoms with van der Waals surface area (Å²) in [4.78, 5) is 12.2. The third-order valence-electron chi connectivity index (χ3n) is 4.08. The van der Waals surface area contributed by atoms with Gasteiger partial charge in [0.25, 0.3) is 5.91 Å². The van der Waals surface area contributed by atoms with Gasteiger partial charge in [-0.1, -0.05) is 53.0 Å². The van der Waals surface area contributed by atoms with Crippen LogP contribution in [0.5, 0.6) is 0 Å². The number of amides is 1. The zero-order valence-electron chi connectivity index (χ0n) is 15.1. The Hall–Kier alpha value is -2.16. The number of nitrogens with one attached hydrogen (secondary N) is 2. The lowest BCUT2D eigenvalue weighted by Crippen LogP contribution is -2.24. The van der Waals surface area contributed by atoms with Gasteiger partial charge in [-0.25, -0.2) is 17.5 Å². The van der Waals surface area contributed by atoms with Gasteiger partial charge in [-0.15, -0.1) is 0 Å². The summed E-state index contributed by atoms with van der Waals surface area (Å²) in [6.07, 6.45) is 0. The SMILES string of the molecule is O=C(Nc1ccc(Cl)c(Cl)c1)c1cc(S(=O)(=O)NCc2ccccc2Cl)ccc1F. The Morgan fingerprint density at radius 1 is 0.900 bits per heavy atom. The smallest absolute Gasteiger partial charge is 0.258 e. The lowest BCUT2D eigenvalue weighted by Gasteiger charge is -2.11. The number of hydrogen-bond acceptors (Lipinski definition) is 3. The van der Waals surface area contributed by atoms with Crippen molar-refractivity contribution in [2.75, 3.05) is 5.32 Å². The van der Waals surface area contributed by atoms with Gasteiger partial charge in [-0.2, -0.15) is 0 Å². The van der Waals surface area contributed by atoms with Crippen LogP contribution in [0.2, 0.25) is 15.1 Å². The molecule has 0 atom stereocenters. The summed E-state index contributed by atoms with van der Waals surface area (Å²) in [6, 6.07) is 14.0. The zero-order valence-corrected chi connectivity index (χ0v) is 18.2. The summed E-state index contributed by atoms with van der Waals surface area (Å²) in [5.74, 6) is -1.72. The van der Waals surface area contributed by atoms with E-state index in [0.717, 1.165) is 18.2 Å². The first-order valence-electron chi connectivity index (χ1n) is 8.46. The first kappa shape index (κ1) is 22.5. The van der Waals surface area contributed by atoms with Crippen molar-refractivity contribution in [3.63, 3.8) is 0 Å². The molecule has 0 fully saturated rings. The Morgan fingerprint density at radius 2 is 1.63 bits per heavy atom. The fraction of sp³-hybridized carbons (Fsp3) is 0.0500. The van der Waals surface area contributed by atoms with Crippen molar-refractivity contribution in [1.29, 1.82) is 0 Å². The van der Waals surface area contributed by atoms with E-state index in [0.29, 0.717) is 15.6 Å². The van der Waals surface area contributed by atoms with Gasteiger partial charge in [0, 0.05) is 17.3 Å². The monoisotopic (exact) mass is 486 g/mol. The molecule has 0 aliphatic carbocycles. The molecule has 3 aromatic rings. The molecule has 0 saturated carbocycles. The molecule has 0 saturated heterocycles. The molecular weight excluding hydrogens is 474 g/mol. The number of sulfonamides is 1. The van der Waals surface area contributed by atoms with E-state index < -0.39 is 27.3 Å². The number of carbonyl (C=O) groups is 1. The van der Waals surface area contributed by atoms with Gasteiger partial charge in [0.15, 0.2) is 0 Å². The third kappa shape index (κ3) is 5.30. The Kier molecular flexibility index (Phi) is 7.00. The van der Waals surface area contributed by atoms with Crippen molar-refractivity contribution < 1.29 is 17.6 Å². The molecule has 156 valence electrons. The van der Waals surface area contributed by atoms with Crippen LogP contribution in [0.25, 0.3) is 0 Å². The van der Waals surface area contributed by atoms with Crippen LogP contribution in [0.3, 0.4) is 0 Å². The number of benzene rings is 3. The molecule has 5 nitrogen and oxygen atoms in total. The lowest BCUT2D eigenvalue weighted by atomic mass is 10.2. The van der Waals surface area contributed by atoms with E-state index in [4.69, 9.17) is 34.8 Å². The van der Waals surface area contributed by atoms with Gasteiger partial charge in [0.2, 0.25) is 10.0 Å². The average molecular weight is 488 g/mol. The van der Waals surface area contributed by atoms with Gasteiger partial charge in [0.1, 0.15) is 5.82 Å². The zero-order chi connectivity index (χ0) is 21.9. The molecule has 0 spiro atoms. The molecular formula is C20H14Cl3FN2O3S. The minimum Gasteiger partial charge on any atom is -0.322 e. The molecule has 0 unspecified atom stereocenters. The molecule has 3 rings (SSSR count). The molecule has 0 radical (unpaired) electrons. The Bertz CT molecular complexity index is 1220. The maximum Gasteiger partial charge on any atom is 0.258 e. The molecule has 3 aromatic carbocycles. The van der Waals surface area contributed by atoms with Gasteiger partial charge in [0.05, 0.1) is 20.5 Å². The number of carbonyl (C=O) groups excluding carboxylic acids is 1. The largest absolute Gasteiger partial charge is 0.322 e. The molecule has 10 heteroatoms. The summed E-state index contributed by atoms with van der Waals surface area (Å²) >= 11 is 17.8. The van der Waals surface area contributed by atoms with E-state index in [9.17, 15) is 17.6 Å². The summed E-state index contributed by atoms with van der Waals surface area (Å²) in [5.41, 5.74) is 0.406. The molecule has 0 aliphatic heterocycles. The van der Waals surface area contributed by atoms with Crippen LogP contribution in [-0.2, 0) is 16.6 Å². The maximum absolute atomic E-state index is 14.2. The second-order valence-corrected chi connectivity index (χ2v) is 9.13. The van der Waals surface area contributed by atoms with Gasteiger partial charge >= 0.3 is 0 Å². The van der Waals surface area contributed by atoms with Crippen LogP contribution >= 0.6 is 34.8 Å². The highest BCUT2D eigenvalue weighted by atomic mass is 35.5. The molecule has 0 aliphatic rings. The van der Waals surface area contributed by atoms with Crippen molar-refractivity contribution in [3.05, 3.63) is 92.7 Å². The fourth-order valence-electron chi connectivity index (χ4n) is 2.52. The van der Waals surface area contributed by atoms with E-state index >= 15 is 0 Å². The highest BCUT2D eigenvalue weighted by molar-refractivity contribution is 7.89. The quantitative estimate of drug-likeness (QED) is 0.481. The van der Waals surface area contributed by atoms with Crippen LogP contribution in [0.4, 0.5) is 10.1 Å². The highest BCUT2D eigenvalue weighted by Gasteiger charge is 2.20. The summed E-state index contributed by atoms with van der Waals surface area (Å²) < 4.78 is 41.8. The van der Waals surface area contributed by atoms with Gasteiger partial charge in [-0.3, -0.25) is 4.79 Å². The minimum atomic E-state index is -4.03. The molecule has 0 aromatic heterocycles. The topological polar surface area (TPSA) is 75.3 Å². The summed E-state index contributed by atoms with van der Waals surface area (Å²) in [7, 11) is -4.03. The fourth-order valence-corrected chi connectivity index (χ4v) is 4.05. The normalized spacial score (nSPS) is 11.3. The second kappa shape index (κ2) is 9.32. The van der Waals surface area contributed by atoms with Crippen LogP contribution in [0.15, 0.2) is 65.6 Å². The molecule has 0 heterocycles. The second-order valence-electron chi connectivity index (χ2n) is 6.14. The van der Waals surface area contributed by atoms with E-state index in [-0.39, 0.29) is 22.2 Å². The average Bonchev–Trinajstić information content (AvgIpc) is 2.70. The number of rotatable bonds is 6. The summed E-state index contributed by atoms with van der Waals surface area (Å²) in [6.45, 7) is -0.0653. The standard InChI is InChI=1S/C20H14Cl3FN2O3S/c21-16-4-2-1-3-12(16)11-25-30(28,29)14-6-8-19(24)15(10-14)20(27)26-13-5-7-17(22)18(23)9-13/h1-10,25H,11H2,(H,26,27).